The molecule has 0 saturated carbocycles. The maximum Gasteiger partial charge on any atom is 0.200 e. The third-order valence-corrected chi connectivity index (χ3v) is 30.3. The number of rotatable bonds is 110. The van der Waals surface area contributed by atoms with E-state index < -0.39 is 26.2 Å². The Morgan fingerprint density at radius 3 is 0.528 bits per heavy atom. The molecule has 0 fully saturated rings. The van der Waals surface area contributed by atoms with Gasteiger partial charge in [-0.3, -0.25) is 0 Å². The van der Waals surface area contributed by atoms with Gasteiger partial charge in [-0.15, -0.1) is 0 Å². The van der Waals surface area contributed by atoms with E-state index in [4.69, 9.17) is 161 Å². The Balaban J connectivity index is 3.19. The fourth-order valence-electron chi connectivity index (χ4n) is 10.4. The molecule has 0 aliphatic heterocycles. The van der Waals surface area contributed by atoms with Crippen LogP contribution in [0.4, 0.5) is 0 Å². The van der Waals surface area contributed by atoms with Crippen LogP contribution in [-0.2, 0) is 156 Å². The van der Waals surface area contributed by atoms with Crippen molar-refractivity contribution in [1.82, 2.24) is 0 Å². The van der Waals surface area contributed by atoms with E-state index in [0.717, 1.165) is 35.9 Å². The van der Waals surface area contributed by atoms with Crippen molar-refractivity contribution in [1.29, 1.82) is 0 Å². The second-order valence-electron chi connectivity index (χ2n) is 28.8. The van der Waals surface area contributed by atoms with Gasteiger partial charge in [0.1, 0.15) is 0 Å². The molecule has 3 N–H and O–H groups in total. The highest BCUT2D eigenvalue weighted by Crippen LogP contribution is 2.26. The molecule has 0 aromatic heterocycles. The third kappa shape index (κ3) is 104. The van der Waals surface area contributed by atoms with Crippen molar-refractivity contribution in [2.45, 2.75) is 128 Å². The summed E-state index contributed by atoms with van der Waals surface area (Å²) in [7, 11) is -3.98. The van der Waals surface area contributed by atoms with E-state index in [9.17, 15) is 9.59 Å². The topological polar surface area (TPSA) is 365 Å². The van der Waals surface area contributed by atoms with Crippen molar-refractivity contribution in [2.24, 2.45) is 0 Å². The minimum atomic E-state index is -1.52. The number of aliphatic hydroxyl groups is 1. The molecule has 0 saturated heterocycles. The van der Waals surface area contributed by atoms with E-state index >= 15 is 0 Å². The summed E-state index contributed by atoms with van der Waals surface area (Å²) in [6, 6.07) is 1.20. The van der Waals surface area contributed by atoms with Gasteiger partial charge < -0.3 is 171 Å². The molecule has 123 heavy (non-hydrogen) atoms. The smallest absolute Gasteiger partial charge is 0.200 e. The van der Waals surface area contributed by atoms with Crippen molar-refractivity contribution >= 4 is 37.9 Å². The molecular formula is C83H172O36SSi3. The molecule has 0 spiro atoms. The number of ether oxygens (including phenoxy) is 33. The summed E-state index contributed by atoms with van der Waals surface area (Å²) in [6.07, 6.45) is 1.55. The molecule has 0 aromatic carbocycles. The summed E-state index contributed by atoms with van der Waals surface area (Å²) in [5.41, 5.74) is 1.98. The maximum atomic E-state index is 10.0. The van der Waals surface area contributed by atoms with Gasteiger partial charge in [0.2, 0.25) is 18.1 Å². The summed E-state index contributed by atoms with van der Waals surface area (Å²) in [5, 5.41) is 9.08. The Morgan fingerprint density at radius 1 is 0.211 bits per heavy atom. The first-order valence-electron chi connectivity index (χ1n) is 44.8. The summed E-state index contributed by atoms with van der Waals surface area (Å²) in [6.45, 7) is 46.9. The zero-order valence-corrected chi connectivity index (χ0v) is 81.1. The second-order valence-corrected chi connectivity index (χ2v) is 39.9. The van der Waals surface area contributed by atoms with E-state index in [1.807, 2.05) is 66.4 Å². The van der Waals surface area contributed by atoms with E-state index in [2.05, 4.69) is 6.55 Å². The average Bonchev–Trinajstić information content (AvgIpc) is 0.880. The molecule has 0 rings (SSSR count). The number of aliphatic hydroxyl groups excluding tert-OH is 1. The van der Waals surface area contributed by atoms with Crippen molar-refractivity contribution in [3.05, 3.63) is 0 Å². The lowest BCUT2D eigenvalue weighted by atomic mass is 10.3. The van der Waals surface area contributed by atoms with Crippen LogP contribution in [0.1, 0.15) is 54.4 Å². The number of hydrogen-bond donors (Lipinski definition) is 3. The quantitative estimate of drug-likeness (QED) is 0.0546. The minimum absolute atomic E-state index is 0.0138. The Kier molecular flexibility index (Phi) is 102. The van der Waals surface area contributed by atoms with Crippen molar-refractivity contribution in [3.8, 4) is 0 Å². The van der Waals surface area contributed by atoms with Gasteiger partial charge in [-0.2, -0.15) is 11.8 Å². The number of hydrogen-bond acceptors (Lipinski definition) is 37. The average molecular weight is 1860 g/mol. The number of thioether (sulfide) groups is 1. The van der Waals surface area contributed by atoms with E-state index in [-0.39, 0.29) is 43.2 Å². The molecule has 0 heterocycles. The highest BCUT2D eigenvalue weighted by molar-refractivity contribution is 7.99. The van der Waals surface area contributed by atoms with Crippen LogP contribution < -0.4 is 0 Å². The molecule has 738 valence electrons. The van der Waals surface area contributed by atoms with E-state index in [0.29, 0.717) is 390 Å². The lowest BCUT2D eigenvalue weighted by Crippen LogP contribution is -2.39. The first-order valence-corrected chi connectivity index (χ1v) is 53.3. The minimum Gasteiger partial charge on any atom is -0.432 e. The van der Waals surface area contributed by atoms with Crippen LogP contribution in [0.15, 0.2) is 0 Å². The van der Waals surface area contributed by atoms with Crippen molar-refractivity contribution < 1.29 is 171 Å². The van der Waals surface area contributed by atoms with Crippen LogP contribution in [0.2, 0.25) is 37.0 Å². The largest absolute Gasteiger partial charge is 0.432 e. The van der Waals surface area contributed by atoms with Crippen LogP contribution in [0.3, 0.4) is 0 Å². The van der Waals surface area contributed by atoms with Gasteiger partial charge in [0, 0.05) is 14.7 Å². The summed E-state index contributed by atoms with van der Waals surface area (Å²) in [5.74, 6) is 2.22. The normalized spacial score (nSPS) is 13.7. The lowest BCUT2D eigenvalue weighted by Gasteiger charge is -2.28. The molecule has 6 atom stereocenters. The zero-order valence-electron chi connectivity index (χ0n) is 77.3. The molecule has 36 nitrogen and oxygen atoms in total. The highest BCUT2D eigenvalue weighted by atomic mass is 32.2. The first-order chi connectivity index (χ1) is 60.3. The Hall–Kier alpha value is -0.439. The van der Waals surface area contributed by atoms with E-state index in [1.54, 1.807) is 0 Å². The Labute approximate surface area is 748 Å². The molecule has 0 bridgehead atoms. The SMILES string of the molecule is CC(CO)OCC(C)OCC(C)OCC(C)OCC(C)OCC(C)OCCOCCOCCOCCOCCOCCOCCOCCOCCOCCOCCOCCOCCOCCOCCOCCOCCOCCOCCOCCOCCOCCOCCOCCOCCOCCOCCOCCCSCCC[Si](C)(C[Si](C)O)C[Si](C)O. The standard InChI is InChI=1S/C83H172O36SSi3/c1-78(70-84)115-72-80(3)117-74-82(5)119-75-83(6)118-73-81(4)116-71-79(2)114-66-65-113-64-63-112-62-61-111-60-59-110-58-57-109-56-55-108-54-53-107-52-51-106-50-49-105-48-47-104-46-45-103-44-43-102-42-41-101-40-39-100-38-37-99-36-35-98-34-33-97-32-31-96-30-29-95-28-27-94-26-25-93-24-23-92-22-21-91-20-19-90-18-17-89-16-15-88-14-13-87-12-10-67-120-68-11-69-123(9,76-121(7)85)77-122(8)86/h78-86H,10-77H2,1-9H3. The molecule has 0 aromatic rings. The predicted molar refractivity (Wildman–Crippen MR) is 472 cm³/mol. The van der Waals surface area contributed by atoms with Crippen molar-refractivity contribution in [3.63, 3.8) is 0 Å². The van der Waals surface area contributed by atoms with Gasteiger partial charge >= 0.3 is 0 Å². The van der Waals surface area contributed by atoms with Crippen LogP contribution in [0, 0.1) is 0 Å². The molecule has 40 heteroatoms. The fraction of sp³-hybridized carbons (Fsp3) is 1.00. The summed E-state index contributed by atoms with van der Waals surface area (Å²) >= 11 is 1.97. The monoisotopic (exact) mass is 1860 g/mol. The zero-order chi connectivity index (χ0) is 89.2. The fourth-order valence-corrected chi connectivity index (χ4v) is 25.4. The van der Waals surface area contributed by atoms with Gasteiger partial charge in [-0.1, -0.05) is 12.6 Å². The maximum absolute atomic E-state index is 10.0. The summed E-state index contributed by atoms with van der Waals surface area (Å²) < 4.78 is 185. The van der Waals surface area contributed by atoms with Gasteiger partial charge in [0.05, 0.1) is 433 Å². The molecule has 0 amide bonds. The Bertz CT molecular complexity index is 1980. The van der Waals surface area contributed by atoms with Gasteiger partial charge in [0.25, 0.3) is 0 Å². The predicted octanol–water partition coefficient (Wildman–Crippen LogP) is 4.76. The molecular weight excluding hydrogens is 1690 g/mol. The summed E-state index contributed by atoms with van der Waals surface area (Å²) in [4.78, 5) is 20.0. The third-order valence-electron chi connectivity index (χ3n) is 16.6. The molecule has 0 aliphatic rings. The molecule has 6 unspecified atom stereocenters. The Morgan fingerprint density at radius 2 is 0.358 bits per heavy atom. The van der Waals surface area contributed by atoms with Gasteiger partial charge in [0.15, 0.2) is 0 Å². The second kappa shape index (κ2) is 102. The van der Waals surface area contributed by atoms with Gasteiger partial charge in [-0.05, 0) is 90.3 Å². The van der Waals surface area contributed by atoms with Gasteiger partial charge in [-0.25, -0.2) is 0 Å². The molecule has 0 aliphatic carbocycles. The van der Waals surface area contributed by atoms with Crippen LogP contribution in [0.25, 0.3) is 0 Å². The lowest BCUT2D eigenvalue weighted by molar-refractivity contribution is -0.104. The molecule has 2 radical (unpaired) electrons. The van der Waals surface area contributed by atoms with Crippen LogP contribution >= 0.6 is 11.8 Å². The van der Waals surface area contributed by atoms with E-state index in [1.165, 1.54) is 12.5 Å². The van der Waals surface area contributed by atoms with Crippen LogP contribution in [0.5, 0.6) is 0 Å². The van der Waals surface area contributed by atoms with Crippen molar-refractivity contribution in [2.75, 3.05) is 415 Å². The highest BCUT2D eigenvalue weighted by Gasteiger charge is 2.31. The van der Waals surface area contributed by atoms with Crippen LogP contribution in [-0.4, -0.2) is 492 Å². The first kappa shape index (κ1) is 123.